The predicted molar refractivity (Wildman–Crippen MR) is 83.9 cm³/mol. The van der Waals surface area contributed by atoms with Crippen LogP contribution in [0.5, 0.6) is 5.75 Å². The van der Waals surface area contributed by atoms with Crippen LogP contribution in [0.4, 0.5) is 5.82 Å². The molecular formula is C14H14BrN5O. The van der Waals surface area contributed by atoms with Crippen LogP contribution in [0.25, 0.3) is 11.0 Å². The number of benzene rings is 1. The number of ether oxygens (including phenoxy) is 1. The zero-order valence-electron chi connectivity index (χ0n) is 11.7. The van der Waals surface area contributed by atoms with E-state index in [1.807, 2.05) is 32.2 Å². The van der Waals surface area contributed by atoms with Gasteiger partial charge >= 0.3 is 0 Å². The first-order valence-corrected chi connectivity index (χ1v) is 7.17. The Morgan fingerprint density at radius 1 is 1.33 bits per heavy atom. The lowest BCUT2D eigenvalue weighted by Crippen LogP contribution is -2.06. The van der Waals surface area contributed by atoms with Gasteiger partial charge < -0.3 is 10.5 Å². The van der Waals surface area contributed by atoms with Gasteiger partial charge in [-0.2, -0.15) is 5.10 Å². The topological polar surface area (TPSA) is 78.9 Å². The molecule has 0 saturated carbocycles. The molecule has 7 heteroatoms. The molecule has 0 bridgehead atoms. The average Bonchev–Trinajstić information content (AvgIpc) is 2.80. The molecule has 6 nitrogen and oxygen atoms in total. The molecule has 3 rings (SSSR count). The summed E-state index contributed by atoms with van der Waals surface area (Å²) < 4.78 is 8.31. The molecule has 0 aliphatic rings. The van der Waals surface area contributed by atoms with Gasteiger partial charge in [0.2, 0.25) is 0 Å². The fourth-order valence-electron chi connectivity index (χ4n) is 2.02. The maximum atomic E-state index is 5.92. The minimum atomic E-state index is 0.243. The Labute approximate surface area is 130 Å². The van der Waals surface area contributed by atoms with E-state index in [2.05, 4.69) is 31.0 Å². The van der Waals surface area contributed by atoms with E-state index in [0.29, 0.717) is 17.3 Å². The highest BCUT2D eigenvalue weighted by atomic mass is 79.9. The van der Waals surface area contributed by atoms with Crippen molar-refractivity contribution in [3.63, 3.8) is 0 Å². The number of nitrogens with two attached hydrogens (primary N) is 1. The van der Waals surface area contributed by atoms with Gasteiger partial charge in [-0.25, -0.2) is 9.97 Å². The van der Waals surface area contributed by atoms with Crippen LogP contribution < -0.4 is 10.5 Å². The molecule has 0 aliphatic carbocycles. The summed E-state index contributed by atoms with van der Waals surface area (Å²) in [6.45, 7) is 2.27. The molecule has 2 N–H and O–H groups in total. The molecule has 0 atom stereocenters. The Morgan fingerprint density at radius 2 is 2.14 bits per heavy atom. The molecule has 2 heterocycles. The maximum absolute atomic E-state index is 5.92. The van der Waals surface area contributed by atoms with Crippen molar-refractivity contribution >= 4 is 32.8 Å². The molecule has 1 aromatic carbocycles. The number of halogens is 1. The molecule has 0 unspecified atom stereocenters. The Morgan fingerprint density at radius 3 is 2.90 bits per heavy atom. The highest BCUT2D eigenvalue weighted by Crippen LogP contribution is 2.26. The number of nitrogen functional groups attached to an aromatic ring is 1. The minimum absolute atomic E-state index is 0.243. The van der Waals surface area contributed by atoms with Gasteiger partial charge in [0.1, 0.15) is 18.2 Å². The van der Waals surface area contributed by atoms with E-state index in [0.717, 1.165) is 21.2 Å². The zero-order chi connectivity index (χ0) is 15.0. The second-order valence-electron chi connectivity index (χ2n) is 4.75. The van der Waals surface area contributed by atoms with Crippen LogP contribution in [-0.2, 0) is 13.7 Å². The molecule has 0 spiro atoms. The molecule has 108 valence electrons. The molecular weight excluding hydrogens is 334 g/mol. The normalized spacial score (nSPS) is 11.0. The molecule has 3 aromatic rings. The van der Waals surface area contributed by atoms with E-state index >= 15 is 0 Å². The third-order valence-corrected chi connectivity index (χ3v) is 3.73. The Kier molecular flexibility index (Phi) is 3.50. The summed E-state index contributed by atoms with van der Waals surface area (Å²) in [6, 6.07) is 5.89. The summed E-state index contributed by atoms with van der Waals surface area (Å²) >= 11 is 3.48. The molecule has 2 aromatic heterocycles. The molecule has 0 fully saturated rings. The van der Waals surface area contributed by atoms with Crippen LogP contribution in [0.1, 0.15) is 11.4 Å². The average molecular weight is 348 g/mol. The predicted octanol–water partition coefficient (Wildman–Crippen LogP) is 2.60. The second-order valence-corrected chi connectivity index (χ2v) is 5.61. The standard InChI is InChI=1S/C14H14BrN5O/c1-8-3-4-11(10(15)5-8)21-7-12-18-13(16)9-6-17-20(2)14(9)19-12/h3-6H,7H2,1-2H3,(H2,16,18,19). The van der Waals surface area contributed by atoms with Crippen LogP contribution in [0.2, 0.25) is 0 Å². The maximum Gasteiger partial charge on any atom is 0.170 e. The first-order valence-electron chi connectivity index (χ1n) is 6.37. The minimum Gasteiger partial charge on any atom is -0.484 e. The van der Waals surface area contributed by atoms with Gasteiger partial charge in [0.05, 0.1) is 16.1 Å². The van der Waals surface area contributed by atoms with Gasteiger partial charge in [-0.15, -0.1) is 0 Å². The lowest BCUT2D eigenvalue weighted by Gasteiger charge is -2.08. The van der Waals surface area contributed by atoms with Crippen LogP contribution in [0.3, 0.4) is 0 Å². The van der Waals surface area contributed by atoms with Gasteiger partial charge in [0.15, 0.2) is 11.5 Å². The number of anilines is 1. The first kappa shape index (κ1) is 13.8. The quantitative estimate of drug-likeness (QED) is 0.787. The molecule has 0 amide bonds. The number of rotatable bonds is 3. The number of nitrogens with zero attached hydrogens (tertiary/aromatic N) is 4. The van der Waals surface area contributed by atoms with E-state index in [-0.39, 0.29) is 6.61 Å². The van der Waals surface area contributed by atoms with Crippen molar-refractivity contribution in [3.05, 3.63) is 40.3 Å². The van der Waals surface area contributed by atoms with Gasteiger partial charge in [-0.05, 0) is 40.5 Å². The lowest BCUT2D eigenvalue weighted by atomic mass is 10.2. The van der Waals surface area contributed by atoms with Crippen molar-refractivity contribution in [1.29, 1.82) is 0 Å². The van der Waals surface area contributed by atoms with Gasteiger partial charge in [-0.1, -0.05) is 6.07 Å². The van der Waals surface area contributed by atoms with Crippen molar-refractivity contribution in [2.45, 2.75) is 13.5 Å². The molecule has 0 saturated heterocycles. The molecule has 0 aliphatic heterocycles. The van der Waals surface area contributed by atoms with E-state index in [4.69, 9.17) is 10.5 Å². The summed E-state index contributed by atoms with van der Waals surface area (Å²) in [5.74, 6) is 1.68. The van der Waals surface area contributed by atoms with Crippen LogP contribution in [0, 0.1) is 6.92 Å². The summed E-state index contributed by atoms with van der Waals surface area (Å²) in [7, 11) is 1.82. The second kappa shape index (κ2) is 5.33. The number of hydrogen-bond acceptors (Lipinski definition) is 5. The zero-order valence-corrected chi connectivity index (χ0v) is 13.3. The fourth-order valence-corrected chi connectivity index (χ4v) is 2.63. The summed E-state index contributed by atoms with van der Waals surface area (Å²) in [4.78, 5) is 8.68. The highest BCUT2D eigenvalue weighted by molar-refractivity contribution is 9.10. The molecule has 0 radical (unpaired) electrons. The van der Waals surface area contributed by atoms with Crippen molar-refractivity contribution in [1.82, 2.24) is 19.7 Å². The Bertz CT molecular complexity index is 814. The SMILES string of the molecule is Cc1ccc(OCc2nc(N)c3cnn(C)c3n2)c(Br)c1. The fraction of sp³-hybridized carbons (Fsp3) is 0.214. The van der Waals surface area contributed by atoms with Crippen LogP contribution in [-0.4, -0.2) is 19.7 Å². The monoisotopic (exact) mass is 347 g/mol. The summed E-state index contributed by atoms with van der Waals surface area (Å²) in [6.07, 6.45) is 1.66. The largest absolute Gasteiger partial charge is 0.484 e. The Balaban J connectivity index is 1.86. The smallest absolute Gasteiger partial charge is 0.170 e. The van der Waals surface area contributed by atoms with Crippen molar-refractivity contribution < 1.29 is 4.74 Å². The first-order chi connectivity index (χ1) is 10.0. The molecule has 21 heavy (non-hydrogen) atoms. The van der Waals surface area contributed by atoms with Gasteiger partial charge in [-0.3, -0.25) is 4.68 Å². The summed E-state index contributed by atoms with van der Waals surface area (Å²) in [5.41, 5.74) is 7.78. The number of fused-ring (bicyclic) bond motifs is 1. The van der Waals surface area contributed by atoms with Crippen molar-refractivity contribution in [3.8, 4) is 5.75 Å². The number of aromatic nitrogens is 4. The van der Waals surface area contributed by atoms with E-state index in [1.165, 1.54) is 0 Å². The number of hydrogen-bond donors (Lipinski definition) is 1. The van der Waals surface area contributed by atoms with Crippen LogP contribution in [0.15, 0.2) is 28.9 Å². The summed E-state index contributed by atoms with van der Waals surface area (Å²) in [5, 5.41) is 4.87. The van der Waals surface area contributed by atoms with E-state index < -0.39 is 0 Å². The highest BCUT2D eigenvalue weighted by Gasteiger charge is 2.10. The van der Waals surface area contributed by atoms with E-state index in [1.54, 1.807) is 10.9 Å². The van der Waals surface area contributed by atoms with Crippen molar-refractivity contribution in [2.24, 2.45) is 7.05 Å². The Hall–Kier alpha value is -2.15. The van der Waals surface area contributed by atoms with Crippen LogP contribution >= 0.6 is 15.9 Å². The van der Waals surface area contributed by atoms with Gasteiger partial charge in [0, 0.05) is 7.05 Å². The third kappa shape index (κ3) is 2.69. The van der Waals surface area contributed by atoms with Crippen molar-refractivity contribution in [2.75, 3.05) is 5.73 Å². The third-order valence-electron chi connectivity index (χ3n) is 3.11. The van der Waals surface area contributed by atoms with Gasteiger partial charge in [0.25, 0.3) is 0 Å². The van der Waals surface area contributed by atoms with E-state index in [9.17, 15) is 0 Å². The lowest BCUT2D eigenvalue weighted by molar-refractivity contribution is 0.294. The number of aryl methyl sites for hydroxylation is 2.